The monoisotopic (exact) mass is 481 g/mol. The maximum Gasteiger partial charge on any atom is 0.256 e. The molecule has 8 nitrogen and oxygen atoms in total. The van der Waals surface area contributed by atoms with Crippen LogP contribution in [0.4, 0.5) is 11.6 Å². The molecule has 1 saturated carbocycles. The average Bonchev–Trinajstić information content (AvgIpc) is 3.61. The van der Waals surface area contributed by atoms with Crippen molar-refractivity contribution in [3.8, 4) is 11.3 Å². The molecular formula is C28H31N7O. The first-order valence-electron chi connectivity index (χ1n) is 12.7. The van der Waals surface area contributed by atoms with Crippen LogP contribution in [0.2, 0.25) is 0 Å². The number of nitrogens with two attached hydrogens (primary N) is 1. The van der Waals surface area contributed by atoms with E-state index < -0.39 is 0 Å². The summed E-state index contributed by atoms with van der Waals surface area (Å²) in [6.07, 6.45) is 10.4. The van der Waals surface area contributed by atoms with Gasteiger partial charge in [0.25, 0.3) is 5.91 Å². The first kappa shape index (κ1) is 22.7. The zero-order chi connectivity index (χ0) is 24.6. The molecule has 1 aliphatic heterocycles. The highest BCUT2D eigenvalue weighted by atomic mass is 16.1. The number of nitrogens with one attached hydrogen (secondary N) is 1. The number of benzene rings is 1. The Bertz CT molecular complexity index is 1410. The molecule has 1 amide bonds. The molecule has 1 aliphatic carbocycles. The third kappa shape index (κ3) is 4.56. The number of aryl methyl sites for hydroxylation is 1. The van der Waals surface area contributed by atoms with Crippen molar-refractivity contribution in [3.05, 3.63) is 71.9 Å². The summed E-state index contributed by atoms with van der Waals surface area (Å²) in [6, 6.07) is 11.2. The van der Waals surface area contributed by atoms with E-state index in [1.54, 1.807) is 12.4 Å². The summed E-state index contributed by atoms with van der Waals surface area (Å²) < 4.78 is 2.12. The van der Waals surface area contributed by atoms with Crippen LogP contribution in [0, 0.1) is 12.8 Å². The number of nitrogen functional groups attached to an aromatic ring is 1. The van der Waals surface area contributed by atoms with Crippen LogP contribution >= 0.6 is 0 Å². The Hall–Kier alpha value is -3.78. The number of rotatable bonds is 6. The Kier molecular flexibility index (Phi) is 5.89. The highest BCUT2D eigenvalue weighted by Gasteiger charge is 2.30. The zero-order valence-electron chi connectivity index (χ0n) is 20.5. The number of carbonyl (C=O) groups excluding carboxylic acids is 1. The van der Waals surface area contributed by atoms with Crippen molar-refractivity contribution in [2.45, 2.75) is 38.5 Å². The Morgan fingerprint density at radius 3 is 2.72 bits per heavy atom. The van der Waals surface area contributed by atoms with Crippen molar-refractivity contribution in [2.75, 3.05) is 30.7 Å². The molecule has 4 aromatic rings. The predicted molar refractivity (Wildman–Crippen MR) is 141 cm³/mol. The Morgan fingerprint density at radius 1 is 1.11 bits per heavy atom. The summed E-state index contributed by atoms with van der Waals surface area (Å²) in [5.74, 6) is 3.08. The Labute approximate surface area is 210 Å². The van der Waals surface area contributed by atoms with Gasteiger partial charge in [-0.1, -0.05) is 12.1 Å². The number of imidazole rings is 1. The van der Waals surface area contributed by atoms with Gasteiger partial charge in [0.2, 0.25) is 0 Å². The maximum atomic E-state index is 12.8. The Morgan fingerprint density at radius 2 is 1.94 bits per heavy atom. The number of pyridine rings is 1. The van der Waals surface area contributed by atoms with E-state index in [-0.39, 0.29) is 5.91 Å². The van der Waals surface area contributed by atoms with Gasteiger partial charge in [-0.25, -0.2) is 15.0 Å². The summed E-state index contributed by atoms with van der Waals surface area (Å²) in [6.45, 7) is 5.38. The van der Waals surface area contributed by atoms with E-state index >= 15 is 0 Å². The van der Waals surface area contributed by atoms with Crippen molar-refractivity contribution in [1.29, 1.82) is 0 Å². The van der Waals surface area contributed by atoms with Crippen LogP contribution in [-0.4, -0.2) is 49.8 Å². The van der Waals surface area contributed by atoms with Crippen molar-refractivity contribution in [2.24, 2.45) is 5.92 Å². The molecule has 2 fully saturated rings. The van der Waals surface area contributed by atoms with E-state index in [1.165, 1.54) is 32.4 Å². The van der Waals surface area contributed by atoms with Crippen LogP contribution < -0.4 is 11.1 Å². The molecule has 1 aromatic carbocycles. The fourth-order valence-corrected chi connectivity index (χ4v) is 5.25. The number of piperidine rings is 1. The molecule has 184 valence electrons. The molecule has 0 spiro atoms. The van der Waals surface area contributed by atoms with Gasteiger partial charge in [0.15, 0.2) is 0 Å². The molecule has 1 saturated heterocycles. The summed E-state index contributed by atoms with van der Waals surface area (Å²) in [5.41, 5.74) is 10.5. The highest BCUT2D eigenvalue weighted by Crippen LogP contribution is 2.36. The molecule has 6 rings (SSSR count). The van der Waals surface area contributed by atoms with Gasteiger partial charge >= 0.3 is 0 Å². The van der Waals surface area contributed by atoms with Crippen LogP contribution in [-0.2, 0) is 0 Å². The van der Waals surface area contributed by atoms with Gasteiger partial charge < -0.3 is 16.0 Å². The fourth-order valence-electron chi connectivity index (χ4n) is 5.25. The number of likely N-dealkylation sites (tertiary alicyclic amines) is 1. The van der Waals surface area contributed by atoms with E-state index in [1.807, 2.05) is 49.5 Å². The van der Waals surface area contributed by atoms with E-state index in [0.717, 1.165) is 47.0 Å². The van der Waals surface area contributed by atoms with Crippen molar-refractivity contribution in [3.63, 3.8) is 0 Å². The van der Waals surface area contributed by atoms with E-state index in [2.05, 4.69) is 24.6 Å². The maximum absolute atomic E-state index is 12.8. The summed E-state index contributed by atoms with van der Waals surface area (Å²) in [5, 5.41) is 2.86. The lowest BCUT2D eigenvalue weighted by Gasteiger charge is -2.32. The molecule has 4 heterocycles. The molecule has 2 aliphatic rings. The normalized spacial score (nSPS) is 18.4. The summed E-state index contributed by atoms with van der Waals surface area (Å²) in [7, 11) is 0. The molecule has 8 heteroatoms. The predicted octanol–water partition coefficient (Wildman–Crippen LogP) is 4.52. The minimum Gasteiger partial charge on any atom is -0.382 e. The second-order valence-electron chi connectivity index (χ2n) is 10.1. The van der Waals surface area contributed by atoms with Crippen LogP contribution in [0.1, 0.15) is 53.3 Å². The lowest BCUT2D eigenvalue weighted by molar-refractivity contribution is 0.102. The summed E-state index contributed by atoms with van der Waals surface area (Å²) >= 11 is 0. The second kappa shape index (κ2) is 9.35. The Balaban J connectivity index is 1.29. The van der Waals surface area contributed by atoms with Crippen molar-refractivity contribution >= 4 is 23.1 Å². The fraction of sp³-hybridized carbons (Fsp3) is 0.357. The zero-order valence-corrected chi connectivity index (χ0v) is 20.5. The van der Waals surface area contributed by atoms with Crippen LogP contribution in [0.5, 0.6) is 0 Å². The third-order valence-corrected chi connectivity index (χ3v) is 7.27. The van der Waals surface area contributed by atoms with Gasteiger partial charge in [0.05, 0.1) is 0 Å². The molecule has 3 N–H and O–H groups in total. The van der Waals surface area contributed by atoms with Crippen molar-refractivity contribution < 1.29 is 4.79 Å². The number of nitrogens with zero attached hydrogens (tertiary/aromatic N) is 5. The summed E-state index contributed by atoms with van der Waals surface area (Å²) in [4.78, 5) is 29.1. The van der Waals surface area contributed by atoms with Crippen molar-refractivity contribution in [1.82, 2.24) is 24.3 Å². The molecule has 36 heavy (non-hydrogen) atoms. The van der Waals surface area contributed by atoms with Gasteiger partial charge in [-0.2, -0.15) is 0 Å². The lowest BCUT2D eigenvalue weighted by atomic mass is 9.97. The smallest absolute Gasteiger partial charge is 0.256 e. The van der Waals surface area contributed by atoms with Crippen LogP contribution in [0.15, 0.2) is 55.0 Å². The van der Waals surface area contributed by atoms with E-state index in [4.69, 9.17) is 10.7 Å². The largest absolute Gasteiger partial charge is 0.382 e. The second-order valence-corrected chi connectivity index (χ2v) is 10.1. The number of hydrogen-bond acceptors (Lipinski definition) is 6. The number of amides is 1. The topological polar surface area (TPSA) is 101 Å². The number of aromatic nitrogens is 4. The van der Waals surface area contributed by atoms with Gasteiger partial charge in [-0.3, -0.25) is 9.20 Å². The SMILES string of the molecule is Cc1ccnc(NC(=O)c2ccc(-c3nc([C@@H]4CCCN(CC5CC5)C4)n4ccnc(N)c34)cc2)c1. The minimum absolute atomic E-state index is 0.200. The molecule has 0 bridgehead atoms. The van der Waals surface area contributed by atoms with Crippen LogP contribution in [0.25, 0.3) is 16.8 Å². The molecular weight excluding hydrogens is 450 g/mol. The number of carbonyl (C=O) groups is 1. The van der Waals surface area contributed by atoms with Gasteiger partial charge in [0.1, 0.15) is 28.7 Å². The first-order valence-corrected chi connectivity index (χ1v) is 12.7. The van der Waals surface area contributed by atoms with E-state index in [9.17, 15) is 4.79 Å². The van der Waals surface area contributed by atoms with Gasteiger partial charge in [-0.15, -0.1) is 0 Å². The van der Waals surface area contributed by atoms with E-state index in [0.29, 0.717) is 23.1 Å². The number of fused-ring (bicyclic) bond motifs is 1. The standard InChI is InChI=1S/C28H31N7O/c1-18-10-11-30-23(15-18)32-28(36)21-8-6-20(7-9-21)24-25-26(29)31-12-14-35(25)27(33-24)22-3-2-13-34(17-22)16-19-4-5-19/h6-12,14-15,19,22H,2-5,13,16-17H2,1H3,(H2,29,31)(H,30,32,36)/t22-/m1/s1. The highest BCUT2D eigenvalue weighted by molar-refractivity contribution is 6.04. The number of hydrogen-bond donors (Lipinski definition) is 2. The molecule has 1 atom stereocenters. The molecule has 0 radical (unpaired) electrons. The van der Waals surface area contributed by atoms with Crippen LogP contribution in [0.3, 0.4) is 0 Å². The first-order chi connectivity index (χ1) is 17.5. The van der Waals surface area contributed by atoms with Gasteiger partial charge in [-0.05, 0) is 74.9 Å². The molecule has 0 unspecified atom stereocenters. The molecule has 3 aromatic heterocycles. The third-order valence-electron chi connectivity index (χ3n) is 7.27. The quantitative estimate of drug-likeness (QED) is 0.420. The van der Waals surface area contributed by atoms with Gasteiger partial charge in [0, 0.05) is 48.7 Å². The average molecular weight is 482 g/mol. The lowest BCUT2D eigenvalue weighted by Crippen LogP contribution is -2.36. The number of anilines is 2. The minimum atomic E-state index is -0.200.